The molecule has 1 aromatic rings. The van der Waals surface area contributed by atoms with Crippen molar-refractivity contribution in [3.8, 4) is 5.75 Å². The molecule has 5 nitrogen and oxygen atoms in total. The summed E-state index contributed by atoms with van der Waals surface area (Å²) in [6.45, 7) is 10.8. The van der Waals surface area contributed by atoms with Crippen LogP contribution in [0.1, 0.15) is 52.9 Å². The minimum Gasteiger partial charge on any atom is -0.497 e. The molecular weight excluding hydrogens is 400 g/mol. The van der Waals surface area contributed by atoms with Crippen molar-refractivity contribution >= 4 is 11.7 Å². The van der Waals surface area contributed by atoms with Crippen LogP contribution in [0.5, 0.6) is 5.75 Å². The third-order valence-electron chi connectivity index (χ3n) is 8.75. The van der Waals surface area contributed by atoms with E-state index < -0.39 is 0 Å². The highest BCUT2D eigenvalue weighted by Crippen LogP contribution is 2.55. The Bertz CT molecular complexity index is 895. The number of piperazine rings is 1. The van der Waals surface area contributed by atoms with Crippen molar-refractivity contribution < 1.29 is 14.3 Å². The average Bonchev–Trinajstić information content (AvgIpc) is 3.06. The van der Waals surface area contributed by atoms with Crippen molar-refractivity contribution in [1.29, 1.82) is 0 Å². The molecule has 174 valence electrons. The number of esters is 1. The van der Waals surface area contributed by atoms with Crippen LogP contribution in [0.15, 0.2) is 35.4 Å². The largest absolute Gasteiger partial charge is 0.497 e. The number of carbonyl (C=O) groups is 1. The summed E-state index contributed by atoms with van der Waals surface area (Å²) in [5, 5.41) is 0. The molecule has 0 radical (unpaired) electrons. The van der Waals surface area contributed by atoms with Gasteiger partial charge in [-0.15, -0.1) is 0 Å². The SMILES string of the molecule is COc1ccc(N2CCN(C[C@H]3C(=O)O[C@@H]4C[C@@]5(C)CCCC(C)=C5C[C@@H]43)C[C@@H]2C)cc1. The molecule has 0 aromatic heterocycles. The summed E-state index contributed by atoms with van der Waals surface area (Å²) < 4.78 is 11.3. The summed E-state index contributed by atoms with van der Waals surface area (Å²) in [7, 11) is 1.70. The number of methoxy groups -OCH3 is 1. The summed E-state index contributed by atoms with van der Waals surface area (Å²) >= 11 is 0. The fraction of sp³-hybridized carbons (Fsp3) is 0.667. The Morgan fingerprint density at radius 1 is 1.22 bits per heavy atom. The number of benzene rings is 1. The van der Waals surface area contributed by atoms with E-state index in [0.717, 1.165) is 44.8 Å². The summed E-state index contributed by atoms with van der Waals surface area (Å²) in [6.07, 6.45) is 5.95. The monoisotopic (exact) mass is 438 g/mol. The molecule has 2 saturated heterocycles. The standard InChI is InChI=1S/C27H38N2O3/c1-18-6-5-11-27(3)15-25-22(14-24(18)27)23(26(30)32-25)17-28-12-13-29(19(2)16-28)20-7-9-21(31-4)10-8-20/h7-10,19,22-23,25H,5-6,11-17H2,1-4H3/t19-,22+,23+,25+,27+/m0/s1. The number of rotatable bonds is 4. The first kappa shape index (κ1) is 21.8. The Labute approximate surface area is 192 Å². The molecule has 5 atom stereocenters. The van der Waals surface area contributed by atoms with Crippen LogP contribution in [0.3, 0.4) is 0 Å². The van der Waals surface area contributed by atoms with E-state index in [0.29, 0.717) is 12.0 Å². The molecule has 1 saturated carbocycles. The van der Waals surface area contributed by atoms with Crippen molar-refractivity contribution in [3.05, 3.63) is 35.4 Å². The molecule has 0 bridgehead atoms. The minimum absolute atomic E-state index is 0.0199. The van der Waals surface area contributed by atoms with Crippen LogP contribution in [-0.4, -0.2) is 56.3 Å². The number of hydrogen-bond donors (Lipinski definition) is 0. The second-order valence-corrected chi connectivity index (χ2v) is 10.8. The van der Waals surface area contributed by atoms with Crippen LogP contribution in [0.4, 0.5) is 5.69 Å². The molecule has 0 spiro atoms. The van der Waals surface area contributed by atoms with E-state index in [-0.39, 0.29) is 23.4 Å². The van der Waals surface area contributed by atoms with E-state index in [2.05, 4.69) is 42.7 Å². The van der Waals surface area contributed by atoms with E-state index in [1.165, 1.54) is 24.9 Å². The van der Waals surface area contributed by atoms with Gasteiger partial charge >= 0.3 is 5.97 Å². The number of hydrogen-bond acceptors (Lipinski definition) is 5. The number of fused-ring (bicyclic) bond motifs is 2. The predicted molar refractivity (Wildman–Crippen MR) is 127 cm³/mol. The van der Waals surface area contributed by atoms with Crippen molar-refractivity contribution in [2.75, 3.05) is 38.2 Å². The number of carbonyl (C=O) groups excluding carboxylic acids is 1. The Balaban J connectivity index is 1.25. The number of nitrogens with zero attached hydrogens (tertiary/aromatic N) is 2. The van der Waals surface area contributed by atoms with Gasteiger partial charge in [-0.05, 0) is 75.6 Å². The van der Waals surface area contributed by atoms with Crippen LogP contribution in [0.25, 0.3) is 0 Å². The fourth-order valence-electron chi connectivity index (χ4n) is 6.96. The van der Waals surface area contributed by atoms with Crippen LogP contribution in [0.2, 0.25) is 0 Å². The van der Waals surface area contributed by atoms with Crippen molar-refractivity contribution in [2.24, 2.45) is 17.3 Å². The highest BCUT2D eigenvalue weighted by atomic mass is 16.6. The number of ether oxygens (including phenoxy) is 2. The molecule has 3 fully saturated rings. The molecule has 4 aliphatic rings. The third-order valence-corrected chi connectivity index (χ3v) is 8.75. The van der Waals surface area contributed by atoms with E-state index in [9.17, 15) is 4.79 Å². The topological polar surface area (TPSA) is 42.0 Å². The van der Waals surface area contributed by atoms with Gasteiger partial charge in [-0.3, -0.25) is 9.69 Å². The third kappa shape index (κ3) is 3.83. The van der Waals surface area contributed by atoms with E-state index in [4.69, 9.17) is 9.47 Å². The Morgan fingerprint density at radius 3 is 2.72 bits per heavy atom. The maximum Gasteiger partial charge on any atom is 0.310 e. The molecule has 0 N–H and O–H groups in total. The summed E-state index contributed by atoms with van der Waals surface area (Å²) in [5.41, 5.74) is 4.71. The maximum atomic E-state index is 12.9. The first-order chi connectivity index (χ1) is 15.4. The van der Waals surface area contributed by atoms with Gasteiger partial charge in [-0.2, -0.15) is 0 Å². The van der Waals surface area contributed by atoms with Crippen LogP contribution >= 0.6 is 0 Å². The highest BCUT2D eigenvalue weighted by Gasteiger charge is 2.53. The molecule has 2 aliphatic carbocycles. The zero-order valence-corrected chi connectivity index (χ0v) is 20.1. The molecule has 5 rings (SSSR count). The van der Waals surface area contributed by atoms with Gasteiger partial charge in [-0.25, -0.2) is 0 Å². The van der Waals surface area contributed by atoms with Crippen molar-refractivity contribution in [1.82, 2.24) is 4.90 Å². The van der Waals surface area contributed by atoms with Crippen molar-refractivity contribution in [3.63, 3.8) is 0 Å². The van der Waals surface area contributed by atoms with Crippen LogP contribution < -0.4 is 9.64 Å². The van der Waals surface area contributed by atoms with Gasteiger partial charge in [0.1, 0.15) is 11.9 Å². The van der Waals surface area contributed by atoms with Gasteiger partial charge in [0.05, 0.1) is 13.0 Å². The van der Waals surface area contributed by atoms with Gasteiger partial charge < -0.3 is 14.4 Å². The lowest BCUT2D eigenvalue weighted by atomic mass is 9.59. The molecule has 0 unspecified atom stereocenters. The lowest BCUT2D eigenvalue weighted by Gasteiger charge is -2.46. The van der Waals surface area contributed by atoms with Crippen LogP contribution in [-0.2, 0) is 9.53 Å². The zero-order valence-electron chi connectivity index (χ0n) is 20.1. The van der Waals surface area contributed by atoms with Crippen molar-refractivity contribution in [2.45, 2.75) is 65.0 Å². The molecule has 1 aromatic carbocycles. The summed E-state index contributed by atoms with van der Waals surface area (Å²) in [4.78, 5) is 17.9. The van der Waals surface area contributed by atoms with Crippen LogP contribution in [0, 0.1) is 17.3 Å². The fourth-order valence-corrected chi connectivity index (χ4v) is 6.96. The molecular formula is C27H38N2O3. The Hall–Kier alpha value is -2.01. The Kier molecular flexibility index (Phi) is 5.73. The van der Waals surface area contributed by atoms with Gasteiger partial charge in [0.25, 0.3) is 0 Å². The predicted octanol–water partition coefficient (Wildman–Crippen LogP) is 4.66. The molecule has 0 amide bonds. The lowest BCUT2D eigenvalue weighted by molar-refractivity contribution is -0.145. The van der Waals surface area contributed by atoms with E-state index in [1.807, 2.05) is 12.1 Å². The van der Waals surface area contributed by atoms with Gasteiger partial charge in [0, 0.05) is 43.8 Å². The zero-order chi connectivity index (χ0) is 22.5. The first-order valence-corrected chi connectivity index (χ1v) is 12.4. The average molecular weight is 439 g/mol. The second-order valence-electron chi connectivity index (χ2n) is 10.8. The van der Waals surface area contributed by atoms with E-state index >= 15 is 0 Å². The molecule has 2 heterocycles. The van der Waals surface area contributed by atoms with E-state index in [1.54, 1.807) is 18.3 Å². The van der Waals surface area contributed by atoms with Gasteiger partial charge in [0.2, 0.25) is 0 Å². The minimum atomic E-state index is 0.0199. The van der Waals surface area contributed by atoms with Gasteiger partial charge in [0.15, 0.2) is 0 Å². The Morgan fingerprint density at radius 2 is 2.00 bits per heavy atom. The number of allylic oxidation sites excluding steroid dienone is 2. The molecule has 32 heavy (non-hydrogen) atoms. The lowest BCUT2D eigenvalue weighted by Crippen LogP contribution is -2.53. The normalized spacial score (nSPS) is 35.4. The summed E-state index contributed by atoms with van der Waals surface area (Å²) in [5.74, 6) is 1.31. The molecule has 2 aliphatic heterocycles. The van der Waals surface area contributed by atoms with Gasteiger partial charge in [-0.1, -0.05) is 18.1 Å². The number of anilines is 1. The molecule has 5 heteroatoms. The first-order valence-electron chi connectivity index (χ1n) is 12.4. The summed E-state index contributed by atoms with van der Waals surface area (Å²) in [6, 6.07) is 8.75. The quantitative estimate of drug-likeness (QED) is 0.505. The second kappa shape index (κ2) is 8.40. The highest BCUT2D eigenvalue weighted by molar-refractivity contribution is 5.76. The maximum absolute atomic E-state index is 12.9. The smallest absolute Gasteiger partial charge is 0.310 e.